The maximum absolute atomic E-state index is 5.71. The lowest BCUT2D eigenvalue weighted by Gasteiger charge is -2.09. The van der Waals surface area contributed by atoms with Crippen LogP contribution in [0.4, 0.5) is 0 Å². The Kier molecular flexibility index (Phi) is 5.18. The van der Waals surface area contributed by atoms with Gasteiger partial charge in [-0.3, -0.25) is 0 Å². The third-order valence-corrected chi connectivity index (χ3v) is 2.54. The Balaban J connectivity index is 2.35. The van der Waals surface area contributed by atoms with Crippen molar-refractivity contribution in [3.8, 4) is 0 Å². The lowest BCUT2D eigenvalue weighted by atomic mass is 10.2. The van der Waals surface area contributed by atoms with Crippen LogP contribution < -0.4 is 0 Å². The van der Waals surface area contributed by atoms with Crippen molar-refractivity contribution in [1.82, 2.24) is 0 Å². The molecule has 0 fully saturated rings. The summed E-state index contributed by atoms with van der Waals surface area (Å²) in [5, 5.41) is 0.683. The van der Waals surface area contributed by atoms with Crippen molar-refractivity contribution < 1.29 is 4.18 Å². The zero-order chi connectivity index (χ0) is 10.6. The normalized spacial score (nSPS) is 11.7. The Bertz CT molecular complexity index is 282. The summed E-state index contributed by atoms with van der Waals surface area (Å²) in [5.41, 5.74) is 0.969. The maximum atomic E-state index is 5.71. The highest BCUT2D eigenvalue weighted by Gasteiger charge is 2.21. The first-order valence-corrected chi connectivity index (χ1v) is 5.84. The molecule has 0 N–H and O–H groups in total. The quantitative estimate of drug-likeness (QED) is 0.582. The Morgan fingerprint density at radius 3 is 2.21 bits per heavy atom. The Morgan fingerprint density at radius 1 is 1.14 bits per heavy atom. The first-order valence-electron chi connectivity index (χ1n) is 3.59. The highest BCUT2D eigenvalue weighted by Crippen LogP contribution is 2.39. The van der Waals surface area contributed by atoms with Crippen LogP contribution in [0.25, 0.3) is 0 Å². The van der Waals surface area contributed by atoms with Crippen LogP contribution in [0.3, 0.4) is 0 Å². The van der Waals surface area contributed by atoms with Gasteiger partial charge >= 0.3 is 0 Å². The van der Waals surface area contributed by atoms with Crippen LogP contribution in [0.1, 0.15) is 5.56 Å². The highest BCUT2D eigenvalue weighted by molar-refractivity contribution is 8.00. The van der Waals surface area contributed by atoms with Gasteiger partial charge in [-0.05, 0) is 17.7 Å². The van der Waals surface area contributed by atoms with Crippen molar-refractivity contribution >= 4 is 58.4 Å². The minimum Gasteiger partial charge on any atom is -0.306 e. The molecule has 0 aliphatic carbocycles. The predicted molar refractivity (Wildman–Crippen MR) is 64.1 cm³/mol. The van der Waals surface area contributed by atoms with Crippen LogP contribution in [0.5, 0.6) is 0 Å². The number of hydrogen-bond donors (Lipinski definition) is 0. The number of benzene rings is 1. The number of hydrogen-bond acceptors (Lipinski definition) is 2. The Morgan fingerprint density at radius 2 is 1.71 bits per heavy atom. The molecule has 0 bridgehead atoms. The smallest absolute Gasteiger partial charge is 0.262 e. The van der Waals surface area contributed by atoms with E-state index in [1.54, 1.807) is 12.1 Å². The average Bonchev–Trinajstić information content (AvgIpc) is 2.06. The zero-order valence-corrected chi connectivity index (χ0v) is 10.7. The fourth-order valence-corrected chi connectivity index (χ4v) is 1.60. The molecule has 6 heteroatoms. The van der Waals surface area contributed by atoms with E-state index in [0.717, 1.165) is 17.6 Å². The lowest BCUT2D eigenvalue weighted by Crippen LogP contribution is -1.96. The van der Waals surface area contributed by atoms with Gasteiger partial charge in [-0.15, -0.1) is 0 Å². The van der Waals surface area contributed by atoms with E-state index < -0.39 is 3.12 Å². The third kappa shape index (κ3) is 5.54. The SMILES string of the molecule is Clc1ccc(COSC(Cl)(Cl)Cl)cc1. The first kappa shape index (κ1) is 12.8. The van der Waals surface area contributed by atoms with Gasteiger partial charge in [-0.1, -0.05) is 58.5 Å². The van der Waals surface area contributed by atoms with Crippen molar-refractivity contribution in [1.29, 1.82) is 0 Å². The molecular formula is C8H6Cl4OS. The summed E-state index contributed by atoms with van der Waals surface area (Å²) in [6, 6.07) is 7.25. The molecule has 0 saturated carbocycles. The van der Waals surface area contributed by atoms with Crippen LogP contribution in [-0.4, -0.2) is 3.12 Å². The van der Waals surface area contributed by atoms with Gasteiger partial charge in [0.15, 0.2) is 0 Å². The molecule has 0 unspecified atom stereocenters. The van der Waals surface area contributed by atoms with Crippen molar-refractivity contribution in [2.75, 3.05) is 0 Å². The van der Waals surface area contributed by atoms with Gasteiger partial charge in [0.2, 0.25) is 0 Å². The summed E-state index contributed by atoms with van der Waals surface area (Å²) >= 11 is 22.9. The van der Waals surface area contributed by atoms with E-state index in [4.69, 9.17) is 50.6 Å². The lowest BCUT2D eigenvalue weighted by molar-refractivity contribution is 0.364. The van der Waals surface area contributed by atoms with E-state index in [-0.39, 0.29) is 0 Å². The summed E-state index contributed by atoms with van der Waals surface area (Å²) in [4.78, 5) is 0. The second-order valence-corrected chi connectivity index (χ2v) is 6.82. The summed E-state index contributed by atoms with van der Waals surface area (Å²) in [6.07, 6.45) is 0. The van der Waals surface area contributed by atoms with E-state index in [0.29, 0.717) is 11.6 Å². The van der Waals surface area contributed by atoms with Crippen molar-refractivity contribution in [3.05, 3.63) is 34.9 Å². The third-order valence-electron chi connectivity index (χ3n) is 1.29. The second-order valence-electron chi connectivity index (χ2n) is 2.42. The van der Waals surface area contributed by atoms with Crippen LogP contribution in [-0.2, 0) is 10.8 Å². The largest absolute Gasteiger partial charge is 0.306 e. The number of alkyl halides is 3. The van der Waals surface area contributed by atoms with E-state index in [1.807, 2.05) is 12.1 Å². The molecule has 0 spiro atoms. The van der Waals surface area contributed by atoms with Crippen LogP contribution in [0.15, 0.2) is 24.3 Å². The molecular weight excluding hydrogens is 286 g/mol. The molecule has 0 radical (unpaired) electrons. The van der Waals surface area contributed by atoms with Gasteiger partial charge in [0.1, 0.15) is 0 Å². The molecule has 0 atom stereocenters. The number of halogens is 4. The first-order chi connectivity index (χ1) is 6.47. The van der Waals surface area contributed by atoms with Gasteiger partial charge in [-0.25, -0.2) is 0 Å². The molecule has 0 amide bonds. The fraction of sp³-hybridized carbons (Fsp3) is 0.250. The summed E-state index contributed by atoms with van der Waals surface area (Å²) in [5.74, 6) is 0. The molecule has 0 aliphatic heterocycles. The summed E-state index contributed by atoms with van der Waals surface area (Å²) in [7, 11) is 0. The van der Waals surface area contributed by atoms with E-state index in [9.17, 15) is 0 Å². The van der Waals surface area contributed by atoms with Gasteiger partial charge < -0.3 is 4.18 Å². The van der Waals surface area contributed by atoms with E-state index >= 15 is 0 Å². The van der Waals surface area contributed by atoms with Gasteiger partial charge in [0.05, 0.1) is 6.61 Å². The topological polar surface area (TPSA) is 9.23 Å². The average molecular weight is 292 g/mol. The second kappa shape index (κ2) is 5.69. The summed E-state index contributed by atoms with van der Waals surface area (Å²) in [6.45, 7) is 0.371. The van der Waals surface area contributed by atoms with Gasteiger partial charge in [0, 0.05) is 17.1 Å². The standard InChI is InChI=1S/C8H6Cl4OS/c9-7-3-1-6(2-4-7)5-13-14-8(10,11)12/h1-4H,5H2. The monoisotopic (exact) mass is 290 g/mol. The molecule has 0 aromatic heterocycles. The van der Waals surface area contributed by atoms with Crippen LogP contribution in [0, 0.1) is 0 Å². The molecule has 78 valence electrons. The van der Waals surface area contributed by atoms with Crippen LogP contribution in [0.2, 0.25) is 5.02 Å². The molecule has 0 heterocycles. The molecule has 14 heavy (non-hydrogen) atoms. The zero-order valence-electron chi connectivity index (χ0n) is 6.84. The van der Waals surface area contributed by atoms with Crippen LogP contribution >= 0.6 is 58.4 Å². The van der Waals surface area contributed by atoms with Crippen molar-refractivity contribution in [2.45, 2.75) is 9.73 Å². The van der Waals surface area contributed by atoms with Crippen molar-refractivity contribution in [3.63, 3.8) is 0 Å². The fourth-order valence-electron chi connectivity index (χ4n) is 0.745. The molecule has 1 aromatic rings. The van der Waals surface area contributed by atoms with Gasteiger partial charge in [-0.2, -0.15) is 0 Å². The molecule has 0 saturated heterocycles. The summed E-state index contributed by atoms with van der Waals surface area (Å²) < 4.78 is 3.66. The Hall–Kier alpha value is 0.690. The predicted octanol–water partition coefficient (Wildman–Crippen LogP) is 4.83. The van der Waals surface area contributed by atoms with Crippen molar-refractivity contribution in [2.24, 2.45) is 0 Å². The van der Waals surface area contributed by atoms with E-state index in [2.05, 4.69) is 0 Å². The molecule has 1 rings (SSSR count). The molecule has 0 aliphatic rings. The minimum absolute atomic E-state index is 0.371. The molecule has 1 nitrogen and oxygen atoms in total. The van der Waals surface area contributed by atoms with E-state index in [1.165, 1.54) is 0 Å². The number of rotatable bonds is 3. The molecule has 1 aromatic carbocycles. The maximum Gasteiger partial charge on any atom is 0.262 e. The van der Waals surface area contributed by atoms with Gasteiger partial charge in [0.25, 0.3) is 3.12 Å². The minimum atomic E-state index is -1.44. The highest BCUT2D eigenvalue weighted by atomic mass is 35.6. The Labute approximate surface area is 107 Å².